The largest absolute Gasteiger partial charge is 0.493 e. The lowest BCUT2D eigenvalue weighted by Crippen LogP contribution is -2.33. The number of nitrogens with one attached hydrogen (secondary N) is 2. The van der Waals surface area contributed by atoms with E-state index in [0.29, 0.717) is 28.9 Å². The molecule has 0 unspecified atom stereocenters. The van der Waals surface area contributed by atoms with Gasteiger partial charge in [-0.15, -0.1) is 0 Å². The molecular weight excluding hydrogens is 324 g/mol. The number of likely N-dealkylation sites (N-methyl/N-ethyl adjacent to an activating group) is 1. The highest BCUT2D eigenvalue weighted by Crippen LogP contribution is 2.39. The normalized spacial score (nSPS) is 10.9. The molecule has 25 heavy (non-hydrogen) atoms. The van der Waals surface area contributed by atoms with Gasteiger partial charge in [0.25, 0.3) is 0 Å². The lowest BCUT2D eigenvalue weighted by Gasteiger charge is -2.17. The monoisotopic (exact) mass is 352 g/mol. The number of ether oxygens (including phenoxy) is 3. The predicted molar refractivity (Wildman–Crippen MR) is 99.0 cm³/mol. The van der Waals surface area contributed by atoms with E-state index in [4.69, 9.17) is 14.2 Å². The van der Waals surface area contributed by atoms with Crippen LogP contribution in [0.15, 0.2) is 17.1 Å². The van der Waals surface area contributed by atoms with Crippen molar-refractivity contribution in [2.75, 3.05) is 53.8 Å². The molecule has 0 heterocycles. The SMILES string of the molecule is CCCNC(=NCC(=O)N(C)C)Nc1cc(OC)c(OC)c(OC)c1. The first-order valence-corrected chi connectivity index (χ1v) is 8.02. The van der Waals surface area contributed by atoms with E-state index in [1.54, 1.807) is 47.6 Å². The summed E-state index contributed by atoms with van der Waals surface area (Å²) in [6, 6.07) is 3.55. The van der Waals surface area contributed by atoms with E-state index in [-0.39, 0.29) is 12.5 Å². The summed E-state index contributed by atoms with van der Waals surface area (Å²) in [7, 11) is 8.06. The second kappa shape index (κ2) is 10.3. The van der Waals surface area contributed by atoms with Crippen molar-refractivity contribution in [1.29, 1.82) is 0 Å². The van der Waals surface area contributed by atoms with Crippen LogP contribution < -0.4 is 24.8 Å². The number of nitrogens with zero attached hydrogens (tertiary/aromatic N) is 2. The maximum atomic E-state index is 11.8. The number of aliphatic imine (C=N–C) groups is 1. The minimum Gasteiger partial charge on any atom is -0.493 e. The molecule has 0 aliphatic carbocycles. The maximum absolute atomic E-state index is 11.8. The number of amides is 1. The molecule has 1 amide bonds. The van der Waals surface area contributed by atoms with Gasteiger partial charge < -0.3 is 29.7 Å². The highest BCUT2D eigenvalue weighted by atomic mass is 16.5. The van der Waals surface area contributed by atoms with Gasteiger partial charge >= 0.3 is 0 Å². The molecule has 1 aromatic rings. The van der Waals surface area contributed by atoms with Crippen molar-refractivity contribution in [3.8, 4) is 17.2 Å². The Labute approximate surface area is 149 Å². The predicted octanol–water partition coefficient (Wildman–Crippen LogP) is 1.57. The summed E-state index contributed by atoms with van der Waals surface area (Å²) < 4.78 is 16.0. The molecule has 0 saturated heterocycles. The van der Waals surface area contributed by atoms with Crippen LogP contribution in [0.1, 0.15) is 13.3 Å². The van der Waals surface area contributed by atoms with Crippen LogP contribution in [0.4, 0.5) is 5.69 Å². The zero-order valence-corrected chi connectivity index (χ0v) is 15.8. The lowest BCUT2D eigenvalue weighted by molar-refractivity contribution is -0.127. The fourth-order valence-corrected chi connectivity index (χ4v) is 1.96. The second-order valence-electron chi connectivity index (χ2n) is 5.42. The molecule has 1 aromatic carbocycles. The molecule has 1 rings (SSSR count). The molecule has 8 nitrogen and oxygen atoms in total. The third-order valence-corrected chi connectivity index (χ3v) is 3.34. The molecule has 0 aliphatic rings. The summed E-state index contributed by atoms with van der Waals surface area (Å²) in [5.41, 5.74) is 0.703. The molecule has 0 saturated carbocycles. The van der Waals surface area contributed by atoms with Crippen LogP contribution in [0.3, 0.4) is 0 Å². The van der Waals surface area contributed by atoms with Crippen molar-refractivity contribution in [3.63, 3.8) is 0 Å². The van der Waals surface area contributed by atoms with Gasteiger partial charge in [-0.05, 0) is 6.42 Å². The number of carbonyl (C=O) groups is 1. The first kappa shape index (κ1) is 20.4. The van der Waals surface area contributed by atoms with Gasteiger partial charge in [0, 0.05) is 38.5 Å². The van der Waals surface area contributed by atoms with Gasteiger partial charge in [-0.3, -0.25) is 4.79 Å². The van der Waals surface area contributed by atoms with Crippen LogP contribution >= 0.6 is 0 Å². The molecule has 140 valence electrons. The first-order chi connectivity index (χ1) is 12.0. The van der Waals surface area contributed by atoms with Crippen molar-refractivity contribution in [2.45, 2.75) is 13.3 Å². The smallest absolute Gasteiger partial charge is 0.243 e. The van der Waals surface area contributed by atoms with Crippen molar-refractivity contribution in [1.82, 2.24) is 10.2 Å². The first-order valence-electron chi connectivity index (χ1n) is 8.02. The van der Waals surface area contributed by atoms with Crippen LogP contribution in [0, 0.1) is 0 Å². The number of hydrogen-bond acceptors (Lipinski definition) is 5. The van der Waals surface area contributed by atoms with E-state index < -0.39 is 0 Å². The van der Waals surface area contributed by atoms with Crippen molar-refractivity contribution < 1.29 is 19.0 Å². The number of guanidine groups is 1. The minimum atomic E-state index is -0.0810. The number of benzene rings is 1. The van der Waals surface area contributed by atoms with E-state index in [1.165, 1.54) is 4.90 Å². The van der Waals surface area contributed by atoms with Gasteiger partial charge in [0.1, 0.15) is 6.54 Å². The van der Waals surface area contributed by atoms with E-state index in [9.17, 15) is 4.79 Å². The van der Waals surface area contributed by atoms with Gasteiger partial charge in [0.2, 0.25) is 11.7 Å². The summed E-state index contributed by atoms with van der Waals surface area (Å²) in [5, 5.41) is 6.33. The highest BCUT2D eigenvalue weighted by molar-refractivity contribution is 5.95. The Morgan fingerprint density at radius 3 is 2.16 bits per heavy atom. The molecule has 0 aromatic heterocycles. The van der Waals surface area contributed by atoms with E-state index in [0.717, 1.165) is 13.0 Å². The van der Waals surface area contributed by atoms with Crippen LogP contribution in [0.2, 0.25) is 0 Å². The van der Waals surface area contributed by atoms with Crippen molar-refractivity contribution in [2.24, 2.45) is 4.99 Å². The Morgan fingerprint density at radius 1 is 1.12 bits per heavy atom. The fraction of sp³-hybridized carbons (Fsp3) is 0.529. The highest BCUT2D eigenvalue weighted by Gasteiger charge is 2.14. The van der Waals surface area contributed by atoms with Gasteiger partial charge in [0.05, 0.1) is 21.3 Å². The molecule has 0 atom stereocenters. The fourth-order valence-electron chi connectivity index (χ4n) is 1.96. The average Bonchev–Trinajstić information content (AvgIpc) is 2.62. The number of methoxy groups -OCH3 is 3. The van der Waals surface area contributed by atoms with Gasteiger partial charge in [-0.25, -0.2) is 4.99 Å². The number of carbonyl (C=O) groups excluding carboxylic acids is 1. The standard InChI is InChI=1S/C17H28N4O4/c1-7-8-18-17(19-11-15(22)21(2)3)20-12-9-13(23-4)16(25-6)14(10-12)24-5/h9-10H,7-8,11H2,1-6H3,(H2,18,19,20). The Morgan fingerprint density at radius 2 is 1.72 bits per heavy atom. The van der Waals surface area contributed by atoms with E-state index in [1.807, 2.05) is 0 Å². The van der Waals surface area contributed by atoms with Crippen LogP contribution in [-0.2, 0) is 4.79 Å². The average molecular weight is 352 g/mol. The molecule has 0 radical (unpaired) electrons. The van der Waals surface area contributed by atoms with Crippen LogP contribution in [0.5, 0.6) is 17.2 Å². The number of anilines is 1. The molecular formula is C17H28N4O4. The topological polar surface area (TPSA) is 84.4 Å². The summed E-state index contributed by atoms with van der Waals surface area (Å²) in [4.78, 5) is 17.6. The Balaban J connectivity index is 3.06. The Bertz CT molecular complexity index is 577. The van der Waals surface area contributed by atoms with E-state index in [2.05, 4.69) is 22.5 Å². The Hall–Kier alpha value is -2.64. The lowest BCUT2D eigenvalue weighted by atomic mass is 10.2. The summed E-state index contributed by atoms with van der Waals surface area (Å²) in [6.45, 7) is 2.83. The molecule has 2 N–H and O–H groups in total. The molecule has 0 bridgehead atoms. The zero-order chi connectivity index (χ0) is 18.8. The Kier molecular flexibility index (Phi) is 8.38. The molecule has 8 heteroatoms. The second-order valence-corrected chi connectivity index (χ2v) is 5.42. The van der Waals surface area contributed by atoms with Crippen LogP contribution in [0.25, 0.3) is 0 Å². The van der Waals surface area contributed by atoms with Crippen molar-refractivity contribution in [3.05, 3.63) is 12.1 Å². The van der Waals surface area contributed by atoms with Gasteiger partial charge in [-0.1, -0.05) is 6.92 Å². The number of hydrogen-bond donors (Lipinski definition) is 2. The van der Waals surface area contributed by atoms with E-state index >= 15 is 0 Å². The summed E-state index contributed by atoms with van der Waals surface area (Å²) in [5.74, 6) is 2.00. The molecule has 0 aliphatic heterocycles. The zero-order valence-electron chi connectivity index (χ0n) is 15.8. The van der Waals surface area contributed by atoms with Crippen molar-refractivity contribution >= 4 is 17.6 Å². The summed E-state index contributed by atoms with van der Waals surface area (Å²) in [6.07, 6.45) is 0.928. The quantitative estimate of drug-likeness (QED) is 0.546. The van der Waals surface area contributed by atoms with Crippen LogP contribution in [-0.4, -0.2) is 65.3 Å². The third kappa shape index (κ3) is 6.06. The minimum absolute atomic E-state index is 0.0521. The maximum Gasteiger partial charge on any atom is 0.243 e. The third-order valence-electron chi connectivity index (χ3n) is 3.34. The molecule has 0 spiro atoms. The van der Waals surface area contributed by atoms with Gasteiger partial charge in [0.15, 0.2) is 17.5 Å². The number of rotatable bonds is 8. The summed E-state index contributed by atoms with van der Waals surface area (Å²) >= 11 is 0. The molecule has 0 fully saturated rings. The van der Waals surface area contributed by atoms with Gasteiger partial charge in [-0.2, -0.15) is 0 Å².